The van der Waals surface area contributed by atoms with Gasteiger partial charge >= 0.3 is 5.97 Å². The van der Waals surface area contributed by atoms with E-state index in [1.54, 1.807) is 24.3 Å². The monoisotopic (exact) mass is 673 g/mol. The molecule has 49 heavy (non-hydrogen) atoms. The number of esters is 1. The smallest absolute Gasteiger partial charge is 0.328 e. The van der Waals surface area contributed by atoms with Crippen LogP contribution in [0.2, 0.25) is 0 Å². The van der Waals surface area contributed by atoms with Gasteiger partial charge in [-0.05, 0) is 67.1 Å². The fourth-order valence-electron chi connectivity index (χ4n) is 4.78. The number of hydrogen-bond acceptors (Lipinski definition) is 9. The lowest BCUT2D eigenvalue weighted by atomic mass is 10.0. The molecule has 258 valence electrons. The van der Waals surface area contributed by atoms with Crippen molar-refractivity contribution in [3.05, 3.63) is 82.8 Å². The van der Waals surface area contributed by atoms with Crippen LogP contribution in [-0.4, -0.2) is 73.7 Å². The molecule has 2 atom stereocenters. The van der Waals surface area contributed by atoms with Crippen molar-refractivity contribution < 1.29 is 28.7 Å². The number of ether oxygens (including phenoxy) is 1. The van der Waals surface area contributed by atoms with E-state index in [1.807, 2.05) is 24.3 Å². The molecule has 0 radical (unpaired) electrons. The number of methoxy groups -OCH3 is 1. The van der Waals surface area contributed by atoms with E-state index in [0.29, 0.717) is 24.8 Å². The Morgan fingerprint density at radius 1 is 0.776 bits per heavy atom. The molecule has 3 rings (SSSR count). The van der Waals surface area contributed by atoms with Crippen LogP contribution < -0.4 is 33.2 Å². The summed E-state index contributed by atoms with van der Waals surface area (Å²) in [6, 6.07) is 16.3. The predicted molar refractivity (Wildman–Crippen MR) is 185 cm³/mol. The van der Waals surface area contributed by atoms with Crippen LogP contribution in [0.5, 0.6) is 0 Å². The van der Waals surface area contributed by atoms with E-state index in [1.165, 1.54) is 18.2 Å². The summed E-state index contributed by atoms with van der Waals surface area (Å²) in [4.78, 5) is 83.8. The number of Topliss-reactive ketones (excluding diaryl/α,β-unsaturated/α-hetero) is 1. The standard InChI is InChI=1S/C33H39N9O7/c1-49-31(47)26(14-8-18-37-32(34)35)41-29(45)25(13-6-7-17-38-33(36)42-48)40-30(46)27(43)23-11-4-5-12-24(23)39-28(44)22-16-15-20-9-2-3-10-21(20)19-22/h2-5,9-12,15-16,19,25-26H,6-8,13-14,17-18H2,1H3,(H2,36,38)(H,39,44)(H,40,46)(H,41,45)(H4,34,35,37). The third kappa shape index (κ3) is 11.5. The first-order valence-electron chi connectivity index (χ1n) is 15.3. The van der Waals surface area contributed by atoms with Gasteiger partial charge < -0.3 is 37.9 Å². The number of nitrogens with zero attached hydrogens (tertiary/aromatic N) is 3. The zero-order valence-corrected chi connectivity index (χ0v) is 26.9. The van der Waals surface area contributed by atoms with E-state index in [2.05, 4.69) is 31.1 Å². The molecule has 0 saturated heterocycles. The molecule has 16 nitrogen and oxygen atoms in total. The number of fused-ring (bicyclic) bond motifs is 1. The lowest BCUT2D eigenvalue weighted by Crippen LogP contribution is -2.53. The highest BCUT2D eigenvalue weighted by Crippen LogP contribution is 2.20. The van der Waals surface area contributed by atoms with Gasteiger partial charge in [-0.2, -0.15) is 0 Å². The molecule has 0 saturated carbocycles. The predicted octanol–water partition coefficient (Wildman–Crippen LogP) is 1.72. The minimum absolute atomic E-state index is 0.0248. The fourth-order valence-corrected chi connectivity index (χ4v) is 4.78. The van der Waals surface area contributed by atoms with Crippen molar-refractivity contribution in [2.45, 2.75) is 44.2 Å². The summed E-state index contributed by atoms with van der Waals surface area (Å²) < 4.78 is 4.82. The highest BCUT2D eigenvalue weighted by atomic mass is 16.5. The van der Waals surface area contributed by atoms with Crippen molar-refractivity contribution >= 4 is 57.9 Å². The number of nitroso groups, excluding NO2 is 1. The van der Waals surface area contributed by atoms with E-state index in [9.17, 15) is 28.9 Å². The highest BCUT2D eigenvalue weighted by molar-refractivity contribution is 6.44. The molecule has 0 aliphatic heterocycles. The second-order valence-electron chi connectivity index (χ2n) is 10.8. The molecule has 0 bridgehead atoms. The Balaban J connectivity index is 1.77. The largest absolute Gasteiger partial charge is 0.467 e. The molecule has 3 aromatic rings. The maximum atomic E-state index is 13.4. The summed E-state index contributed by atoms with van der Waals surface area (Å²) in [6.45, 7) is 0.315. The number of nitrogens with one attached hydrogen (secondary N) is 3. The number of ketones is 1. The summed E-state index contributed by atoms with van der Waals surface area (Å²) >= 11 is 0. The van der Waals surface area contributed by atoms with Gasteiger partial charge in [0.15, 0.2) is 5.96 Å². The van der Waals surface area contributed by atoms with Gasteiger partial charge in [0.25, 0.3) is 23.6 Å². The molecule has 16 heteroatoms. The van der Waals surface area contributed by atoms with Crippen LogP contribution >= 0.6 is 0 Å². The van der Waals surface area contributed by atoms with Crippen LogP contribution in [0.25, 0.3) is 10.8 Å². The van der Waals surface area contributed by atoms with Crippen LogP contribution in [0.15, 0.2) is 81.9 Å². The molecule has 9 N–H and O–H groups in total. The summed E-state index contributed by atoms with van der Waals surface area (Å²) in [5.74, 6) is -4.68. The van der Waals surface area contributed by atoms with E-state index in [4.69, 9.17) is 21.9 Å². The van der Waals surface area contributed by atoms with Crippen LogP contribution in [0.4, 0.5) is 5.69 Å². The number of anilines is 1. The summed E-state index contributed by atoms with van der Waals surface area (Å²) in [5.41, 5.74) is 16.3. The number of para-hydroxylation sites is 1. The minimum Gasteiger partial charge on any atom is -0.467 e. The van der Waals surface area contributed by atoms with E-state index >= 15 is 0 Å². The lowest BCUT2D eigenvalue weighted by molar-refractivity contribution is -0.145. The summed E-state index contributed by atoms with van der Waals surface area (Å²) in [7, 11) is 1.16. The molecule has 3 aromatic carbocycles. The van der Waals surface area contributed by atoms with Gasteiger partial charge in [-0.25, -0.2) is 9.79 Å². The minimum atomic E-state index is -1.27. The third-order valence-corrected chi connectivity index (χ3v) is 7.28. The molecule has 3 amide bonds. The van der Waals surface area contributed by atoms with Gasteiger partial charge in [-0.3, -0.25) is 24.2 Å². The van der Waals surface area contributed by atoms with Crippen molar-refractivity contribution in [2.24, 2.45) is 32.4 Å². The molecule has 0 fully saturated rings. The molecular weight excluding hydrogens is 634 g/mol. The van der Waals surface area contributed by atoms with Crippen molar-refractivity contribution in [1.29, 1.82) is 0 Å². The Morgan fingerprint density at radius 3 is 2.16 bits per heavy atom. The lowest BCUT2D eigenvalue weighted by Gasteiger charge is -2.22. The number of aliphatic imine (C=N–C) groups is 2. The quantitative estimate of drug-likeness (QED) is 0.0230. The Bertz CT molecular complexity index is 1740. The molecule has 0 aromatic heterocycles. The number of benzene rings is 3. The average Bonchev–Trinajstić information content (AvgIpc) is 3.11. The highest BCUT2D eigenvalue weighted by Gasteiger charge is 2.29. The van der Waals surface area contributed by atoms with Gasteiger partial charge in [0, 0.05) is 23.8 Å². The second-order valence-corrected chi connectivity index (χ2v) is 10.8. The molecular formula is C33H39N9O7. The van der Waals surface area contributed by atoms with Gasteiger partial charge in [-0.1, -0.05) is 42.5 Å². The molecule has 0 aliphatic carbocycles. The number of carbonyl (C=O) groups is 5. The van der Waals surface area contributed by atoms with Crippen LogP contribution in [0, 0.1) is 4.91 Å². The third-order valence-electron chi connectivity index (χ3n) is 7.28. The Hall–Kier alpha value is -6.19. The Kier molecular flexibility index (Phi) is 14.3. The normalized spacial score (nSPS) is 12.2. The van der Waals surface area contributed by atoms with E-state index < -0.39 is 47.5 Å². The van der Waals surface area contributed by atoms with Gasteiger partial charge in [0.1, 0.15) is 12.1 Å². The Morgan fingerprint density at radius 2 is 1.45 bits per heavy atom. The van der Waals surface area contributed by atoms with Crippen LogP contribution in [-0.2, 0) is 19.1 Å². The van der Waals surface area contributed by atoms with Crippen LogP contribution in [0.3, 0.4) is 0 Å². The van der Waals surface area contributed by atoms with Crippen LogP contribution in [0.1, 0.15) is 52.8 Å². The first-order valence-corrected chi connectivity index (χ1v) is 15.3. The number of guanidine groups is 2. The average molecular weight is 674 g/mol. The number of carbonyl (C=O) groups excluding carboxylic acids is 5. The molecule has 0 heterocycles. The number of hydrogen-bond donors (Lipinski definition) is 6. The van der Waals surface area contributed by atoms with E-state index in [0.717, 1.165) is 17.9 Å². The van der Waals surface area contributed by atoms with Gasteiger partial charge in [0.05, 0.1) is 18.4 Å². The zero-order valence-electron chi connectivity index (χ0n) is 26.9. The maximum Gasteiger partial charge on any atom is 0.328 e. The molecule has 0 spiro atoms. The van der Waals surface area contributed by atoms with Gasteiger partial charge in [-0.15, -0.1) is 4.91 Å². The maximum absolute atomic E-state index is 13.4. The number of amides is 3. The molecule has 2 unspecified atom stereocenters. The fraction of sp³-hybridized carbons (Fsp3) is 0.303. The van der Waals surface area contributed by atoms with Gasteiger partial charge in [0.2, 0.25) is 5.91 Å². The Labute approximate surface area is 281 Å². The molecule has 0 aliphatic rings. The number of nitrogens with two attached hydrogens (primary N) is 3. The number of rotatable bonds is 17. The number of unbranched alkanes of at least 4 members (excludes halogenated alkanes) is 1. The summed E-state index contributed by atoms with van der Waals surface area (Å²) in [5, 5.41) is 12.0. The van der Waals surface area contributed by atoms with Crippen molar-refractivity contribution in [3.63, 3.8) is 0 Å². The summed E-state index contributed by atoms with van der Waals surface area (Å²) in [6.07, 6.45) is 1.11. The van der Waals surface area contributed by atoms with Crippen molar-refractivity contribution in [2.75, 3.05) is 25.5 Å². The topological polar surface area (TPSA) is 263 Å². The SMILES string of the molecule is COC(=O)C(CCCN=C(N)N)NC(=O)C(CCCCN=C(N)N=O)NC(=O)C(=O)c1ccccc1NC(=O)c1ccc2ccccc2c1. The zero-order chi connectivity index (χ0) is 35.8. The van der Waals surface area contributed by atoms with Crippen molar-refractivity contribution in [1.82, 2.24) is 10.6 Å². The first-order chi connectivity index (χ1) is 23.5. The second kappa shape index (κ2) is 18.8. The first kappa shape index (κ1) is 37.3. The van der Waals surface area contributed by atoms with Crippen molar-refractivity contribution in [3.8, 4) is 0 Å². The van der Waals surface area contributed by atoms with E-state index in [-0.39, 0.29) is 43.1 Å².